The molecule has 2 aromatic carbocycles. The molecule has 0 aromatic heterocycles. The van der Waals surface area contributed by atoms with Crippen molar-refractivity contribution >= 4 is 33.5 Å². The fraction of sp³-hybridized carbons (Fsp3) is 0.333. The first kappa shape index (κ1) is 21.8. The second-order valence-corrected chi connectivity index (χ2v) is 7.07. The summed E-state index contributed by atoms with van der Waals surface area (Å²) in [6.07, 6.45) is 0.339. The van der Waals surface area contributed by atoms with Crippen molar-refractivity contribution in [2.24, 2.45) is 4.99 Å². The van der Waals surface area contributed by atoms with Crippen molar-refractivity contribution in [3.05, 3.63) is 58.1 Å². The third-order valence-corrected chi connectivity index (χ3v) is 4.54. The predicted molar refractivity (Wildman–Crippen MR) is 118 cm³/mol. The van der Waals surface area contributed by atoms with E-state index in [1.54, 1.807) is 7.05 Å². The number of para-hydroxylation sites is 1. The van der Waals surface area contributed by atoms with E-state index in [2.05, 4.69) is 36.9 Å². The normalized spacial score (nSPS) is 11.1. The van der Waals surface area contributed by atoms with E-state index >= 15 is 0 Å². The third-order valence-electron chi connectivity index (χ3n) is 4.05. The van der Waals surface area contributed by atoms with Crippen molar-refractivity contribution in [2.45, 2.75) is 26.8 Å². The summed E-state index contributed by atoms with van der Waals surface area (Å²) in [5.74, 6) is 1.45. The zero-order valence-corrected chi connectivity index (χ0v) is 18.1. The van der Waals surface area contributed by atoms with Crippen molar-refractivity contribution in [3.8, 4) is 5.75 Å². The molecule has 0 saturated heterocycles. The molecule has 0 aliphatic heterocycles. The van der Waals surface area contributed by atoms with Gasteiger partial charge in [0.1, 0.15) is 5.75 Å². The number of carbonyl (C=O) groups is 1. The van der Waals surface area contributed by atoms with Crippen LogP contribution in [0.15, 0.2) is 51.9 Å². The molecule has 0 fully saturated rings. The van der Waals surface area contributed by atoms with Crippen molar-refractivity contribution < 1.29 is 9.53 Å². The number of benzene rings is 2. The second kappa shape index (κ2) is 11.3. The van der Waals surface area contributed by atoms with Gasteiger partial charge in [0.2, 0.25) is 5.91 Å². The third kappa shape index (κ3) is 6.88. The van der Waals surface area contributed by atoms with E-state index in [-0.39, 0.29) is 5.91 Å². The van der Waals surface area contributed by atoms with Gasteiger partial charge >= 0.3 is 0 Å². The highest BCUT2D eigenvalue weighted by Crippen LogP contribution is 2.20. The second-order valence-electron chi connectivity index (χ2n) is 6.15. The molecule has 0 aliphatic rings. The smallest absolute Gasteiger partial charge is 0.226 e. The number of aliphatic imine (C=N–C) groups is 1. The summed E-state index contributed by atoms with van der Waals surface area (Å²) in [5, 5.41) is 9.34. The van der Waals surface area contributed by atoms with Gasteiger partial charge in [-0.15, -0.1) is 0 Å². The minimum absolute atomic E-state index is 0.0462. The summed E-state index contributed by atoms with van der Waals surface area (Å²) in [7, 11) is 1.70. The molecule has 0 heterocycles. The van der Waals surface area contributed by atoms with E-state index in [9.17, 15) is 4.79 Å². The number of carbonyl (C=O) groups excluding carboxylic acids is 1. The van der Waals surface area contributed by atoms with Gasteiger partial charge in [-0.3, -0.25) is 9.79 Å². The van der Waals surface area contributed by atoms with Crippen LogP contribution in [0.2, 0.25) is 0 Å². The number of aryl methyl sites for hydroxylation is 1. The van der Waals surface area contributed by atoms with Gasteiger partial charge in [0.25, 0.3) is 0 Å². The minimum Gasteiger partial charge on any atom is -0.494 e. The van der Waals surface area contributed by atoms with Crippen molar-refractivity contribution in [1.29, 1.82) is 0 Å². The lowest BCUT2D eigenvalue weighted by atomic mass is 10.2. The Morgan fingerprint density at radius 2 is 1.96 bits per heavy atom. The molecule has 7 heteroatoms. The van der Waals surface area contributed by atoms with Gasteiger partial charge in [0, 0.05) is 42.3 Å². The molecule has 150 valence electrons. The summed E-state index contributed by atoms with van der Waals surface area (Å²) in [4.78, 5) is 16.4. The number of hydrogen-bond acceptors (Lipinski definition) is 3. The molecule has 6 nitrogen and oxygen atoms in total. The fourth-order valence-corrected chi connectivity index (χ4v) is 3.10. The molecule has 0 radical (unpaired) electrons. The van der Waals surface area contributed by atoms with Crippen LogP contribution in [0.25, 0.3) is 0 Å². The molecule has 0 atom stereocenters. The Labute approximate surface area is 174 Å². The Morgan fingerprint density at radius 1 is 1.18 bits per heavy atom. The summed E-state index contributed by atoms with van der Waals surface area (Å²) < 4.78 is 6.62. The van der Waals surface area contributed by atoms with Gasteiger partial charge in [-0.05, 0) is 43.7 Å². The van der Waals surface area contributed by atoms with Gasteiger partial charge in [-0.1, -0.05) is 34.1 Å². The molecule has 0 saturated carbocycles. The molecule has 0 unspecified atom stereocenters. The lowest BCUT2D eigenvalue weighted by molar-refractivity contribution is -0.116. The lowest BCUT2D eigenvalue weighted by Crippen LogP contribution is -2.38. The van der Waals surface area contributed by atoms with Crippen LogP contribution in [0, 0.1) is 6.92 Å². The van der Waals surface area contributed by atoms with Crippen LogP contribution in [0.1, 0.15) is 24.5 Å². The first-order valence-electron chi connectivity index (χ1n) is 9.24. The number of ether oxygens (including phenoxy) is 1. The molecule has 28 heavy (non-hydrogen) atoms. The fourth-order valence-electron chi connectivity index (χ4n) is 2.62. The van der Waals surface area contributed by atoms with Crippen LogP contribution in [-0.4, -0.2) is 32.1 Å². The van der Waals surface area contributed by atoms with Gasteiger partial charge < -0.3 is 20.7 Å². The number of nitrogens with one attached hydrogen (secondary N) is 3. The minimum atomic E-state index is -0.0462. The first-order valence-corrected chi connectivity index (χ1v) is 10.0. The predicted octanol–water partition coefficient (Wildman–Crippen LogP) is 3.85. The zero-order valence-electron chi connectivity index (χ0n) is 16.5. The molecule has 0 spiro atoms. The Kier molecular flexibility index (Phi) is 8.81. The van der Waals surface area contributed by atoms with Crippen LogP contribution in [-0.2, 0) is 11.3 Å². The largest absolute Gasteiger partial charge is 0.494 e. The molecule has 0 aliphatic carbocycles. The maximum atomic E-state index is 12.2. The molecule has 1 amide bonds. The van der Waals surface area contributed by atoms with E-state index in [0.717, 1.165) is 27.0 Å². The highest BCUT2D eigenvalue weighted by molar-refractivity contribution is 9.10. The average molecular weight is 447 g/mol. The molecule has 2 aromatic rings. The van der Waals surface area contributed by atoms with Crippen molar-refractivity contribution in [2.75, 3.05) is 25.5 Å². The molecule has 0 bridgehead atoms. The van der Waals surface area contributed by atoms with Crippen LogP contribution in [0.4, 0.5) is 5.69 Å². The molecule has 2 rings (SSSR count). The summed E-state index contributed by atoms with van der Waals surface area (Å²) in [6, 6.07) is 13.7. The quantitative estimate of drug-likeness (QED) is 0.425. The molecule has 3 N–H and O–H groups in total. The maximum absolute atomic E-state index is 12.2. The van der Waals surface area contributed by atoms with Crippen LogP contribution >= 0.6 is 15.9 Å². The summed E-state index contributed by atoms with van der Waals surface area (Å²) >= 11 is 3.42. The maximum Gasteiger partial charge on any atom is 0.226 e. The highest BCUT2D eigenvalue weighted by atomic mass is 79.9. The van der Waals surface area contributed by atoms with E-state index in [1.165, 1.54) is 0 Å². The number of nitrogens with zero attached hydrogens (tertiary/aromatic N) is 1. The number of guanidine groups is 1. The number of halogens is 1. The summed E-state index contributed by atoms with van der Waals surface area (Å²) in [6.45, 7) is 5.61. The van der Waals surface area contributed by atoms with Crippen LogP contribution < -0.4 is 20.7 Å². The van der Waals surface area contributed by atoms with E-state index in [4.69, 9.17) is 4.74 Å². The lowest BCUT2D eigenvalue weighted by Gasteiger charge is -2.14. The monoisotopic (exact) mass is 446 g/mol. The van der Waals surface area contributed by atoms with Gasteiger partial charge in [0.15, 0.2) is 5.96 Å². The Morgan fingerprint density at radius 3 is 2.68 bits per heavy atom. The number of hydrogen-bond donors (Lipinski definition) is 3. The summed E-state index contributed by atoms with van der Waals surface area (Å²) in [5.41, 5.74) is 2.89. The molecular formula is C21H27BrN4O2. The van der Waals surface area contributed by atoms with Gasteiger partial charge in [-0.25, -0.2) is 0 Å². The van der Waals surface area contributed by atoms with E-state index in [1.807, 2.05) is 56.3 Å². The number of amides is 1. The Balaban J connectivity index is 1.78. The van der Waals surface area contributed by atoms with Gasteiger partial charge in [0.05, 0.1) is 6.61 Å². The number of anilines is 1. The number of rotatable bonds is 8. The first-order chi connectivity index (χ1) is 13.5. The molecular weight excluding hydrogens is 420 g/mol. The highest BCUT2D eigenvalue weighted by Gasteiger charge is 2.07. The SMILES string of the molecule is CCOc1ccccc1CNC(=NC)NCCC(=O)Nc1ccc(Br)cc1C. The standard InChI is InChI=1S/C21H27BrN4O2/c1-4-28-19-8-6-5-7-16(19)14-25-21(23-3)24-12-11-20(27)26-18-10-9-17(22)13-15(18)2/h5-10,13H,4,11-12,14H2,1-3H3,(H,26,27)(H2,23,24,25). The average Bonchev–Trinajstić information content (AvgIpc) is 2.68. The van der Waals surface area contributed by atoms with E-state index < -0.39 is 0 Å². The Bertz CT molecular complexity index is 824. The Hall–Kier alpha value is -2.54. The topological polar surface area (TPSA) is 74.8 Å². The van der Waals surface area contributed by atoms with E-state index in [0.29, 0.717) is 32.1 Å². The van der Waals surface area contributed by atoms with Crippen molar-refractivity contribution in [3.63, 3.8) is 0 Å². The van der Waals surface area contributed by atoms with Crippen LogP contribution in [0.3, 0.4) is 0 Å². The van der Waals surface area contributed by atoms with Crippen LogP contribution in [0.5, 0.6) is 5.75 Å². The van der Waals surface area contributed by atoms with Crippen molar-refractivity contribution in [1.82, 2.24) is 10.6 Å². The zero-order chi connectivity index (χ0) is 20.4. The van der Waals surface area contributed by atoms with Gasteiger partial charge in [-0.2, -0.15) is 0 Å².